The average molecular weight is 515 g/mol. The third kappa shape index (κ3) is 6.57. The zero-order chi connectivity index (χ0) is 25.7. The van der Waals surface area contributed by atoms with Crippen LogP contribution in [0.5, 0.6) is 0 Å². The lowest BCUT2D eigenvalue weighted by molar-refractivity contribution is 0.0240. The summed E-state index contributed by atoms with van der Waals surface area (Å²) in [6, 6.07) is 13.1. The summed E-state index contributed by atoms with van der Waals surface area (Å²) in [7, 11) is 3.46. The molecule has 2 aliphatic rings. The molecule has 9 heteroatoms. The first-order valence-electron chi connectivity index (χ1n) is 12.5. The van der Waals surface area contributed by atoms with Crippen LogP contribution in [0.1, 0.15) is 20.8 Å². The van der Waals surface area contributed by atoms with Gasteiger partial charge in [0, 0.05) is 74.7 Å². The van der Waals surface area contributed by atoms with Gasteiger partial charge in [0.25, 0.3) is 0 Å². The molecule has 1 saturated heterocycles. The van der Waals surface area contributed by atoms with Gasteiger partial charge in [-0.3, -0.25) is 0 Å². The maximum absolute atomic E-state index is 12.4. The number of carbonyl (C=O) groups excluding carboxylic acids is 1. The van der Waals surface area contributed by atoms with Crippen molar-refractivity contribution in [2.45, 2.75) is 36.2 Å². The second-order valence-corrected chi connectivity index (χ2v) is 11.1. The minimum atomic E-state index is -0.475. The van der Waals surface area contributed by atoms with Crippen LogP contribution in [-0.2, 0) is 14.2 Å². The Balaban J connectivity index is 1.44. The first-order chi connectivity index (χ1) is 17.3. The summed E-state index contributed by atoms with van der Waals surface area (Å²) in [5, 5.41) is 3.59. The lowest BCUT2D eigenvalue weighted by atomic mass is 10.2. The van der Waals surface area contributed by atoms with E-state index in [9.17, 15) is 4.79 Å². The lowest BCUT2D eigenvalue weighted by Gasteiger charge is -2.37. The van der Waals surface area contributed by atoms with Gasteiger partial charge >= 0.3 is 6.09 Å². The average Bonchev–Trinajstić information content (AvgIpc) is 2.86. The summed E-state index contributed by atoms with van der Waals surface area (Å²) in [4.78, 5) is 21.2. The highest BCUT2D eigenvalue weighted by molar-refractivity contribution is 7.99. The molecule has 0 spiro atoms. The Labute approximate surface area is 218 Å². The van der Waals surface area contributed by atoms with Crippen molar-refractivity contribution in [2.75, 3.05) is 81.8 Å². The number of ether oxygens (including phenoxy) is 3. The van der Waals surface area contributed by atoms with E-state index in [1.807, 2.05) is 20.8 Å². The van der Waals surface area contributed by atoms with Crippen molar-refractivity contribution in [3.8, 4) is 0 Å². The number of methoxy groups -OCH3 is 2. The fraction of sp³-hybridized carbons (Fsp3) is 0.519. The maximum atomic E-state index is 12.4. The number of piperazine rings is 1. The van der Waals surface area contributed by atoms with E-state index in [4.69, 9.17) is 14.2 Å². The zero-order valence-corrected chi connectivity index (χ0v) is 22.8. The highest BCUT2D eigenvalue weighted by Crippen LogP contribution is 2.46. The van der Waals surface area contributed by atoms with Gasteiger partial charge in [-0.15, -0.1) is 0 Å². The topological polar surface area (TPSA) is 66.5 Å². The van der Waals surface area contributed by atoms with E-state index in [-0.39, 0.29) is 6.09 Å². The van der Waals surface area contributed by atoms with E-state index in [0.29, 0.717) is 26.3 Å². The molecule has 4 rings (SSSR count). The molecule has 2 aromatic carbocycles. The molecule has 2 heterocycles. The fourth-order valence-electron chi connectivity index (χ4n) is 4.30. The molecule has 36 heavy (non-hydrogen) atoms. The normalized spacial score (nSPS) is 15.1. The van der Waals surface area contributed by atoms with Crippen molar-refractivity contribution in [3.05, 3.63) is 36.4 Å². The number of hydrogen-bond acceptors (Lipinski definition) is 8. The third-order valence-corrected chi connectivity index (χ3v) is 7.33. The van der Waals surface area contributed by atoms with Crippen LogP contribution in [0.4, 0.5) is 27.5 Å². The molecule has 0 bridgehead atoms. The van der Waals surface area contributed by atoms with Crippen LogP contribution in [0.25, 0.3) is 0 Å². The van der Waals surface area contributed by atoms with Gasteiger partial charge in [-0.1, -0.05) is 11.8 Å². The zero-order valence-electron chi connectivity index (χ0n) is 22.0. The maximum Gasteiger partial charge on any atom is 0.410 e. The number of amides is 1. The van der Waals surface area contributed by atoms with Gasteiger partial charge in [-0.25, -0.2) is 4.79 Å². The van der Waals surface area contributed by atoms with Crippen molar-refractivity contribution in [3.63, 3.8) is 0 Å². The quantitative estimate of drug-likeness (QED) is 0.448. The van der Waals surface area contributed by atoms with Gasteiger partial charge in [0.05, 0.1) is 24.6 Å². The predicted octanol–water partition coefficient (Wildman–Crippen LogP) is 5.05. The predicted molar refractivity (Wildman–Crippen MR) is 146 cm³/mol. The molecular formula is C27H38N4O4S. The Kier molecular flexibility index (Phi) is 8.54. The summed E-state index contributed by atoms with van der Waals surface area (Å²) >= 11 is 1.79. The summed E-state index contributed by atoms with van der Waals surface area (Å²) in [5.41, 5.74) is 4.10. The van der Waals surface area contributed by atoms with Crippen LogP contribution in [0.2, 0.25) is 0 Å². The largest absolute Gasteiger partial charge is 0.444 e. The van der Waals surface area contributed by atoms with Gasteiger partial charge in [-0.2, -0.15) is 0 Å². The molecule has 0 atom stereocenters. The standard InChI is InChI=1S/C27H38N4O4S/c1-27(2,3)35-26(32)31-12-10-29(11-13-31)20-6-8-22-24(18-20)36-25-19-21(7-9-23(25)28-22)30(14-16-33-4)15-17-34-5/h6-9,18-19,28H,10-17H2,1-5H3. The number of anilines is 4. The fourth-order valence-corrected chi connectivity index (χ4v) is 5.36. The second kappa shape index (κ2) is 11.6. The monoisotopic (exact) mass is 514 g/mol. The minimum absolute atomic E-state index is 0.232. The van der Waals surface area contributed by atoms with Crippen LogP contribution in [0.15, 0.2) is 46.2 Å². The van der Waals surface area contributed by atoms with E-state index in [1.165, 1.54) is 15.5 Å². The van der Waals surface area contributed by atoms with Crippen LogP contribution in [0, 0.1) is 0 Å². The van der Waals surface area contributed by atoms with Crippen LogP contribution in [-0.4, -0.2) is 83.3 Å². The Morgan fingerprint density at radius 3 is 2.17 bits per heavy atom. The Morgan fingerprint density at radius 2 is 1.56 bits per heavy atom. The van der Waals surface area contributed by atoms with Gasteiger partial charge < -0.3 is 34.2 Å². The van der Waals surface area contributed by atoms with Gasteiger partial charge in [0.1, 0.15) is 5.60 Å². The molecule has 8 nitrogen and oxygen atoms in total. The molecule has 0 saturated carbocycles. The second-order valence-electron chi connectivity index (χ2n) is 10.0. The smallest absolute Gasteiger partial charge is 0.410 e. The highest BCUT2D eigenvalue weighted by Gasteiger charge is 2.27. The molecule has 196 valence electrons. The molecule has 0 radical (unpaired) electrons. The SMILES string of the molecule is COCCN(CCOC)c1ccc2c(c1)Sc1cc(N3CCN(C(=O)OC(C)(C)C)CC3)ccc1N2. The molecule has 2 aliphatic heterocycles. The van der Waals surface area contributed by atoms with Crippen molar-refractivity contribution in [1.82, 2.24) is 4.90 Å². The van der Waals surface area contributed by atoms with E-state index in [1.54, 1.807) is 30.9 Å². The number of benzene rings is 2. The first-order valence-corrected chi connectivity index (χ1v) is 13.3. The van der Waals surface area contributed by atoms with Crippen molar-refractivity contribution in [2.24, 2.45) is 0 Å². The van der Waals surface area contributed by atoms with Crippen LogP contribution < -0.4 is 15.1 Å². The number of hydrogen-bond donors (Lipinski definition) is 1. The van der Waals surface area contributed by atoms with Crippen LogP contribution in [0.3, 0.4) is 0 Å². The molecule has 0 aromatic heterocycles. The number of nitrogens with one attached hydrogen (secondary N) is 1. The molecule has 1 N–H and O–H groups in total. The molecule has 1 amide bonds. The van der Waals surface area contributed by atoms with E-state index < -0.39 is 5.60 Å². The molecule has 2 aromatic rings. The molecule has 1 fully saturated rings. The van der Waals surface area contributed by atoms with Gasteiger partial charge in [0.2, 0.25) is 0 Å². The Morgan fingerprint density at radius 1 is 0.944 bits per heavy atom. The Bertz CT molecular complexity index is 1040. The van der Waals surface area contributed by atoms with E-state index in [2.05, 4.69) is 51.5 Å². The lowest BCUT2D eigenvalue weighted by Crippen LogP contribution is -2.50. The number of fused-ring (bicyclic) bond motifs is 2. The molecule has 0 unspecified atom stereocenters. The number of carbonyl (C=O) groups is 1. The van der Waals surface area contributed by atoms with Crippen molar-refractivity contribution >= 4 is 40.6 Å². The summed E-state index contributed by atoms with van der Waals surface area (Å²) in [6.45, 7) is 11.5. The summed E-state index contributed by atoms with van der Waals surface area (Å²) in [6.07, 6.45) is -0.232. The van der Waals surface area contributed by atoms with Gasteiger partial charge in [-0.05, 0) is 57.2 Å². The van der Waals surface area contributed by atoms with Crippen LogP contribution >= 0.6 is 11.8 Å². The summed E-state index contributed by atoms with van der Waals surface area (Å²) < 4.78 is 16.2. The Hall–Kier alpha value is -2.62. The van der Waals surface area contributed by atoms with Crippen molar-refractivity contribution in [1.29, 1.82) is 0 Å². The number of nitrogens with zero attached hydrogens (tertiary/aromatic N) is 3. The number of rotatable bonds is 8. The van der Waals surface area contributed by atoms with Crippen molar-refractivity contribution < 1.29 is 19.0 Å². The third-order valence-electron chi connectivity index (χ3n) is 6.21. The summed E-state index contributed by atoms with van der Waals surface area (Å²) in [5.74, 6) is 0. The highest BCUT2D eigenvalue weighted by atomic mass is 32.2. The molecular weight excluding hydrogens is 476 g/mol. The van der Waals surface area contributed by atoms with E-state index in [0.717, 1.165) is 43.2 Å². The first kappa shape index (κ1) is 26.4. The minimum Gasteiger partial charge on any atom is -0.444 e. The molecule has 0 aliphatic carbocycles. The van der Waals surface area contributed by atoms with Gasteiger partial charge in [0.15, 0.2) is 0 Å². The van der Waals surface area contributed by atoms with E-state index >= 15 is 0 Å².